The second kappa shape index (κ2) is 4.24. The maximum absolute atomic E-state index is 3.70. The first-order valence-electron chi connectivity index (χ1n) is 7.47. The van der Waals surface area contributed by atoms with Gasteiger partial charge in [-0.25, -0.2) is 0 Å². The van der Waals surface area contributed by atoms with Gasteiger partial charge in [0.05, 0.1) is 0 Å². The number of allylic oxidation sites excluding steroid dienone is 2. The predicted octanol–water partition coefficient (Wildman–Crippen LogP) is 3.65. The van der Waals surface area contributed by atoms with Gasteiger partial charge in [-0.3, -0.25) is 0 Å². The molecule has 2 aliphatic carbocycles. The van der Waals surface area contributed by atoms with Crippen molar-refractivity contribution in [2.75, 3.05) is 6.54 Å². The quantitative estimate of drug-likeness (QED) is 0.789. The third-order valence-corrected chi connectivity index (χ3v) is 4.98. The second-order valence-electron chi connectivity index (χ2n) is 6.05. The summed E-state index contributed by atoms with van der Waals surface area (Å²) < 4.78 is 0. The van der Waals surface area contributed by atoms with Gasteiger partial charge in [-0.2, -0.15) is 0 Å². The van der Waals surface area contributed by atoms with E-state index in [0.717, 1.165) is 12.0 Å². The normalized spacial score (nSPS) is 29.9. The highest BCUT2D eigenvalue weighted by Gasteiger charge is 2.34. The second-order valence-corrected chi connectivity index (χ2v) is 6.05. The molecule has 3 aliphatic rings. The fourth-order valence-corrected chi connectivity index (χ4v) is 4.04. The molecule has 1 N–H and O–H groups in total. The van der Waals surface area contributed by atoms with E-state index in [-0.39, 0.29) is 0 Å². The SMILES string of the molecule is C1=C(c2ccc3c(c2)C2CCCNC2C3)CCC1. The van der Waals surface area contributed by atoms with E-state index in [1.807, 2.05) is 0 Å². The van der Waals surface area contributed by atoms with E-state index in [0.29, 0.717) is 0 Å². The summed E-state index contributed by atoms with van der Waals surface area (Å²) in [4.78, 5) is 0. The lowest BCUT2D eigenvalue weighted by atomic mass is 9.89. The lowest BCUT2D eigenvalue weighted by Gasteiger charge is -2.27. The average Bonchev–Trinajstić information content (AvgIpc) is 3.05. The molecule has 2 atom stereocenters. The molecule has 1 aromatic rings. The van der Waals surface area contributed by atoms with Crippen molar-refractivity contribution < 1.29 is 0 Å². The van der Waals surface area contributed by atoms with E-state index in [1.165, 1.54) is 50.6 Å². The first kappa shape index (κ1) is 10.8. The van der Waals surface area contributed by atoms with Gasteiger partial charge in [-0.1, -0.05) is 24.3 Å². The molecule has 0 spiro atoms. The van der Waals surface area contributed by atoms with Gasteiger partial charge in [0.2, 0.25) is 0 Å². The number of hydrogen-bond acceptors (Lipinski definition) is 1. The molecular formula is C17H21N. The van der Waals surface area contributed by atoms with E-state index >= 15 is 0 Å². The summed E-state index contributed by atoms with van der Waals surface area (Å²) >= 11 is 0. The highest BCUT2D eigenvalue weighted by molar-refractivity contribution is 5.68. The molecule has 0 radical (unpaired) electrons. The van der Waals surface area contributed by atoms with Crippen LogP contribution in [0.2, 0.25) is 0 Å². The minimum absolute atomic E-state index is 0.724. The number of hydrogen-bond donors (Lipinski definition) is 1. The number of piperidine rings is 1. The Hall–Kier alpha value is -1.08. The Morgan fingerprint density at radius 1 is 1.17 bits per heavy atom. The summed E-state index contributed by atoms with van der Waals surface area (Å²) in [6.07, 6.45) is 10.3. The molecule has 1 nitrogen and oxygen atoms in total. The van der Waals surface area contributed by atoms with Crippen LogP contribution in [0, 0.1) is 0 Å². The summed E-state index contributed by atoms with van der Waals surface area (Å²) in [7, 11) is 0. The topological polar surface area (TPSA) is 12.0 Å². The van der Waals surface area contributed by atoms with Crippen molar-refractivity contribution in [1.82, 2.24) is 5.32 Å². The zero-order chi connectivity index (χ0) is 11.9. The lowest BCUT2D eigenvalue weighted by Crippen LogP contribution is -2.37. The third kappa shape index (κ3) is 1.65. The zero-order valence-electron chi connectivity index (χ0n) is 10.9. The number of fused-ring (bicyclic) bond motifs is 3. The molecule has 0 aromatic heterocycles. The summed E-state index contributed by atoms with van der Waals surface area (Å²) in [5, 5.41) is 3.70. The highest BCUT2D eigenvalue weighted by Crippen LogP contribution is 2.40. The summed E-state index contributed by atoms with van der Waals surface area (Å²) in [5.74, 6) is 0.788. The fraction of sp³-hybridized carbons (Fsp3) is 0.529. The van der Waals surface area contributed by atoms with Gasteiger partial charge in [-0.05, 0) is 73.3 Å². The van der Waals surface area contributed by atoms with Crippen molar-refractivity contribution in [3.63, 3.8) is 0 Å². The van der Waals surface area contributed by atoms with Crippen LogP contribution in [0.1, 0.15) is 54.7 Å². The molecule has 4 rings (SSSR count). The number of nitrogens with one attached hydrogen (secondary N) is 1. The van der Waals surface area contributed by atoms with Crippen LogP contribution >= 0.6 is 0 Å². The van der Waals surface area contributed by atoms with Crippen LogP contribution in [-0.4, -0.2) is 12.6 Å². The van der Waals surface area contributed by atoms with E-state index in [9.17, 15) is 0 Å². The fourth-order valence-electron chi connectivity index (χ4n) is 4.04. The predicted molar refractivity (Wildman–Crippen MR) is 75.7 cm³/mol. The van der Waals surface area contributed by atoms with E-state index in [2.05, 4.69) is 29.6 Å². The molecule has 1 aliphatic heterocycles. The monoisotopic (exact) mass is 239 g/mol. The molecule has 18 heavy (non-hydrogen) atoms. The van der Waals surface area contributed by atoms with Crippen molar-refractivity contribution in [2.45, 2.75) is 50.5 Å². The van der Waals surface area contributed by atoms with Crippen molar-refractivity contribution in [3.8, 4) is 0 Å². The number of benzene rings is 1. The minimum Gasteiger partial charge on any atom is -0.313 e. The Morgan fingerprint density at radius 2 is 2.17 bits per heavy atom. The van der Waals surface area contributed by atoms with Crippen LogP contribution in [0.25, 0.3) is 5.57 Å². The molecule has 1 heterocycles. The lowest BCUT2D eigenvalue weighted by molar-refractivity contribution is 0.372. The van der Waals surface area contributed by atoms with Gasteiger partial charge in [0, 0.05) is 6.04 Å². The zero-order valence-corrected chi connectivity index (χ0v) is 10.9. The van der Waals surface area contributed by atoms with Crippen molar-refractivity contribution in [1.29, 1.82) is 0 Å². The molecular weight excluding hydrogens is 218 g/mol. The minimum atomic E-state index is 0.724. The van der Waals surface area contributed by atoms with Crippen LogP contribution in [0.5, 0.6) is 0 Å². The van der Waals surface area contributed by atoms with Crippen LogP contribution in [0.3, 0.4) is 0 Å². The van der Waals surface area contributed by atoms with Crippen molar-refractivity contribution in [3.05, 3.63) is 41.0 Å². The average molecular weight is 239 g/mol. The first-order valence-corrected chi connectivity index (χ1v) is 7.47. The van der Waals surface area contributed by atoms with Crippen LogP contribution < -0.4 is 5.32 Å². The van der Waals surface area contributed by atoms with Gasteiger partial charge in [0.1, 0.15) is 0 Å². The molecule has 0 bridgehead atoms. The smallest absolute Gasteiger partial charge is 0.0176 e. The van der Waals surface area contributed by atoms with Gasteiger partial charge >= 0.3 is 0 Å². The molecule has 0 amide bonds. The molecule has 2 unspecified atom stereocenters. The Labute approximate surface area is 109 Å². The third-order valence-electron chi connectivity index (χ3n) is 4.98. The highest BCUT2D eigenvalue weighted by atomic mass is 14.9. The first-order chi connectivity index (χ1) is 8.92. The number of rotatable bonds is 1. The Morgan fingerprint density at radius 3 is 3.06 bits per heavy atom. The Kier molecular flexibility index (Phi) is 2.54. The standard InChI is InChI=1S/C17H21N/c1-2-5-12(4-1)13-7-8-14-11-17-15(16(14)10-13)6-3-9-18-17/h4,7-8,10,15,17-18H,1-3,5-6,9,11H2. The van der Waals surface area contributed by atoms with Crippen LogP contribution in [-0.2, 0) is 6.42 Å². The Balaban J connectivity index is 1.71. The van der Waals surface area contributed by atoms with Crippen LogP contribution in [0.4, 0.5) is 0 Å². The van der Waals surface area contributed by atoms with Gasteiger partial charge in [-0.15, -0.1) is 0 Å². The molecule has 1 heteroatoms. The Bertz CT molecular complexity index is 500. The summed E-state index contributed by atoms with van der Waals surface area (Å²) in [6.45, 7) is 1.22. The maximum Gasteiger partial charge on any atom is 0.0176 e. The largest absolute Gasteiger partial charge is 0.313 e. The summed E-state index contributed by atoms with van der Waals surface area (Å²) in [6, 6.07) is 7.97. The van der Waals surface area contributed by atoms with Gasteiger partial charge in [0.15, 0.2) is 0 Å². The van der Waals surface area contributed by atoms with E-state index in [1.54, 1.807) is 16.7 Å². The van der Waals surface area contributed by atoms with E-state index < -0.39 is 0 Å². The van der Waals surface area contributed by atoms with Gasteiger partial charge in [0.25, 0.3) is 0 Å². The summed E-state index contributed by atoms with van der Waals surface area (Å²) in [5.41, 5.74) is 6.33. The molecule has 1 saturated heterocycles. The maximum atomic E-state index is 3.70. The van der Waals surface area contributed by atoms with Crippen molar-refractivity contribution in [2.24, 2.45) is 0 Å². The van der Waals surface area contributed by atoms with E-state index in [4.69, 9.17) is 0 Å². The molecule has 94 valence electrons. The molecule has 1 fully saturated rings. The van der Waals surface area contributed by atoms with Gasteiger partial charge < -0.3 is 5.32 Å². The molecule has 0 saturated carbocycles. The molecule has 1 aromatic carbocycles. The van der Waals surface area contributed by atoms with Crippen molar-refractivity contribution >= 4 is 5.57 Å². The van der Waals surface area contributed by atoms with Crippen LogP contribution in [0.15, 0.2) is 24.3 Å².